The number of hydrogen-bond donors (Lipinski definition) is 0. The Kier molecular flexibility index (Phi) is 3.85. The first-order chi connectivity index (χ1) is 8.50. The zero-order valence-electron chi connectivity index (χ0n) is 10.00. The average Bonchev–Trinajstić information content (AvgIpc) is 2.27. The lowest BCUT2D eigenvalue weighted by Crippen LogP contribution is -2.43. The second-order valence-electron chi connectivity index (χ2n) is 4.15. The first kappa shape index (κ1) is 13.3. The molecule has 0 saturated carbocycles. The lowest BCUT2D eigenvalue weighted by atomic mass is 10.1. The van der Waals surface area contributed by atoms with Crippen molar-refractivity contribution >= 4 is 17.4 Å². The van der Waals surface area contributed by atoms with Crippen LogP contribution in [-0.2, 0) is 0 Å². The molecule has 1 aliphatic rings. The predicted octanol–water partition coefficient (Wildman–Crippen LogP) is 2.76. The molecule has 0 unspecified atom stereocenters. The van der Waals surface area contributed by atoms with Gasteiger partial charge in [-0.25, -0.2) is 8.78 Å². The minimum atomic E-state index is -2.68. The van der Waals surface area contributed by atoms with Gasteiger partial charge in [-0.15, -0.1) is 0 Å². The van der Waals surface area contributed by atoms with Crippen molar-refractivity contribution in [1.82, 2.24) is 9.97 Å². The molecule has 4 nitrogen and oxygen atoms in total. The van der Waals surface area contributed by atoms with E-state index in [0.717, 1.165) is 0 Å². The highest BCUT2D eigenvalue weighted by atomic mass is 35.5. The van der Waals surface area contributed by atoms with Crippen molar-refractivity contribution in [2.45, 2.75) is 25.7 Å². The molecule has 1 aromatic heterocycles. The molecule has 1 saturated heterocycles. The minimum absolute atomic E-state index is 0.0827. The Morgan fingerprint density at radius 1 is 1.50 bits per heavy atom. The summed E-state index contributed by atoms with van der Waals surface area (Å²) >= 11 is 5.83. The summed E-state index contributed by atoms with van der Waals surface area (Å²) in [4.78, 5) is 9.47. The Balaban J connectivity index is 2.21. The van der Waals surface area contributed by atoms with E-state index in [0.29, 0.717) is 25.4 Å². The van der Waals surface area contributed by atoms with Crippen LogP contribution in [0.1, 0.15) is 19.8 Å². The van der Waals surface area contributed by atoms with E-state index in [1.807, 2.05) is 0 Å². The van der Waals surface area contributed by atoms with E-state index in [9.17, 15) is 8.78 Å². The molecule has 2 heterocycles. The maximum absolute atomic E-state index is 13.3. The maximum atomic E-state index is 13.3. The number of ether oxygens (including phenoxy) is 1. The molecule has 0 radical (unpaired) electrons. The van der Waals surface area contributed by atoms with Crippen molar-refractivity contribution in [1.29, 1.82) is 0 Å². The van der Waals surface area contributed by atoms with Crippen molar-refractivity contribution in [2.24, 2.45) is 0 Å². The number of aromatic nitrogens is 2. The van der Waals surface area contributed by atoms with E-state index in [1.165, 1.54) is 11.0 Å². The molecule has 0 bridgehead atoms. The molecule has 0 N–H and O–H groups in total. The minimum Gasteiger partial charge on any atom is -0.464 e. The van der Waals surface area contributed by atoms with Crippen LogP contribution in [0, 0.1) is 0 Å². The van der Waals surface area contributed by atoms with E-state index in [-0.39, 0.29) is 24.1 Å². The molecule has 2 rings (SSSR count). The van der Waals surface area contributed by atoms with Gasteiger partial charge in [-0.05, 0) is 13.3 Å². The number of halogens is 3. The normalized spacial score (nSPS) is 18.8. The Labute approximate surface area is 109 Å². The maximum Gasteiger partial charge on any atom is 0.319 e. The van der Waals surface area contributed by atoms with Gasteiger partial charge in [-0.3, -0.25) is 0 Å². The third-order valence-corrected chi connectivity index (χ3v) is 2.84. The van der Waals surface area contributed by atoms with Crippen LogP contribution >= 0.6 is 11.6 Å². The van der Waals surface area contributed by atoms with Gasteiger partial charge in [0, 0.05) is 19.0 Å². The van der Waals surface area contributed by atoms with Gasteiger partial charge < -0.3 is 9.64 Å². The molecule has 0 amide bonds. The third kappa shape index (κ3) is 3.19. The zero-order valence-corrected chi connectivity index (χ0v) is 10.8. The smallest absolute Gasteiger partial charge is 0.319 e. The highest BCUT2D eigenvalue weighted by Crippen LogP contribution is 2.30. The molecular weight excluding hydrogens is 264 g/mol. The van der Waals surface area contributed by atoms with E-state index in [1.54, 1.807) is 6.92 Å². The quantitative estimate of drug-likeness (QED) is 0.797. The molecule has 18 heavy (non-hydrogen) atoms. The molecule has 0 spiro atoms. The molecule has 0 aliphatic carbocycles. The summed E-state index contributed by atoms with van der Waals surface area (Å²) in [5, 5.41) is 0.192. The van der Waals surface area contributed by atoms with Gasteiger partial charge in [0.15, 0.2) is 0 Å². The zero-order chi connectivity index (χ0) is 13.2. The van der Waals surface area contributed by atoms with Crippen LogP contribution in [0.15, 0.2) is 6.07 Å². The Bertz CT molecular complexity index is 431. The van der Waals surface area contributed by atoms with Crippen LogP contribution in [0.4, 0.5) is 14.6 Å². The van der Waals surface area contributed by atoms with Crippen LogP contribution in [0.5, 0.6) is 6.01 Å². The van der Waals surface area contributed by atoms with Crippen molar-refractivity contribution in [2.75, 3.05) is 24.6 Å². The SMILES string of the molecule is CCOc1nc(Cl)cc(N2CCCC(F)(F)C2)n1. The third-order valence-electron chi connectivity index (χ3n) is 2.65. The number of rotatable bonds is 3. The van der Waals surface area contributed by atoms with Crippen molar-refractivity contribution in [3.8, 4) is 6.01 Å². The van der Waals surface area contributed by atoms with Gasteiger partial charge in [0.1, 0.15) is 11.0 Å². The summed E-state index contributed by atoms with van der Waals surface area (Å²) in [5.41, 5.74) is 0. The van der Waals surface area contributed by atoms with Gasteiger partial charge in [-0.1, -0.05) is 11.6 Å². The molecule has 0 atom stereocenters. The second kappa shape index (κ2) is 5.22. The van der Waals surface area contributed by atoms with Gasteiger partial charge in [0.2, 0.25) is 0 Å². The lowest BCUT2D eigenvalue weighted by Gasteiger charge is -2.33. The van der Waals surface area contributed by atoms with E-state index >= 15 is 0 Å². The number of anilines is 1. The van der Waals surface area contributed by atoms with Gasteiger partial charge in [0.25, 0.3) is 5.92 Å². The number of alkyl halides is 2. The van der Waals surface area contributed by atoms with E-state index < -0.39 is 5.92 Å². The van der Waals surface area contributed by atoms with Crippen LogP contribution in [0.3, 0.4) is 0 Å². The van der Waals surface area contributed by atoms with Crippen LogP contribution in [0.2, 0.25) is 5.15 Å². The van der Waals surface area contributed by atoms with Crippen LogP contribution in [0.25, 0.3) is 0 Å². The highest BCUT2D eigenvalue weighted by molar-refractivity contribution is 6.29. The summed E-state index contributed by atoms with van der Waals surface area (Å²) in [6, 6.07) is 1.60. The molecule has 100 valence electrons. The molecule has 1 fully saturated rings. The highest BCUT2D eigenvalue weighted by Gasteiger charge is 2.35. The summed E-state index contributed by atoms with van der Waals surface area (Å²) in [5.74, 6) is -2.29. The summed E-state index contributed by atoms with van der Waals surface area (Å²) in [6.07, 6.45) is 0.346. The van der Waals surface area contributed by atoms with Crippen LogP contribution < -0.4 is 9.64 Å². The topological polar surface area (TPSA) is 38.2 Å². The Morgan fingerprint density at radius 3 is 2.94 bits per heavy atom. The van der Waals surface area contributed by atoms with E-state index in [4.69, 9.17) is 16.3 Å². The predicted molar refractivity (Wildman–Crippen MR) is 64.6 cm³/mol. The Hall–Kier alpha value is -1.17. The Morgan fingerprint density at radius 2 is 2.28 bits per heavy atom. The molecule has 1 aliphatic heterocycles. The molecule has 1 aromatic rings. The van der Waals surface area contributed by atoms with Gasteiger partial charge in [0.05, 0.1) is 13.2 Å². The molecular formula is C11H14ClF2N3O. The van der Waals surface area contributed by atoms with Gasteiger partial charge in [-0.2, -0.15) is 9.97 Å². The first-order valence-corrected chi connectivity index (χ1v) is 6.18. The molecule has 7 heteroatoms. The second-order valence-corrected chi connectivity index (χ2v) is 4.53. The lowest BCUT2D eigenvalue weighted by molar-refractivity contribution is -0.0119. The fourth-order valence-electron chi connectivity index (χ4n) is 1.90. The summed E-state index contributed by atoms with van der Waals surface area (Å²) in [6.45, 7) is 2.38. The fraction of sp³-hybridized carbons (Fsp3) is 0.636. The standard InChI is InChI=1S/C11H14ClF2N3O/c1-2-18-10-15-8(12)6-9(16-10)17-5-3-4-11(13,14)7-17/h6H,2-5,7H2,1H3. The average molecular weight is 278 g/mol. The van der Waals surface area contributed by atoms with E-state index in [2.05, 4.69) is 9.97 Å². The monoisotopic (exact) mass is 277 g/mol. The molecule has 0 aromatic carbocycles. The number of nitrogens with zero attached hydrogens (tertiary/aromatic N) is 3. The van der Waals surface area contributed by atoms with Gasteiger partial charge >= 0.3 is 6.01 Å². The number of piperidine rings is 1. The van der Waals surface area contributed by atoms with Crippen molar-refractivity contribution < 1.29 is 13.5 Å². The van der Waals surface area contributed by atoms with Crippen LogP contribution in [-0.4, -0.2) is 35.6 Å². The largest absolute Gasteiger partial charge is 0.464 e. The fourth-order valence-corrected chi connectivity index (χ4v) is 2.07. The summed E-state index contributed by atoms with van der Waals surface area (Å²) in [7, 11) is 0. The summed E-state index contributed by atoms with van der Waals surface area (Å²) < 4.78 is 31.8. The number of hydrogen-bond acceptors (Lipinski definition) is 4. The van der Waals surface area contributed by atoms with Crippen molar-refractivity contribution in [3.05, 3.63) is 11.2 Å². The van der Waals surface area contributed by atoms with Crippen molar-refractivity contribution in [3.63, 3.8) is 0 Å². The first-order valence-electron chi connectivity index (χ1n) is 5.80.